The van der Waals surface area contributed by atoms with Crippen molar-refractivity contribution in [3.05, 3.63) is 28.8 Å². The number of hydrogen-bond acceptors (Lipinski definition) is 5. The summed E-state index contributed by atoms with van der Waals surface area (Å²) in [6.45, 7) is 3.55. The van der Waals surface area contributed by atoms with E-state index >= 15 is 0 Å². The van der Waals surface area contributed by atoms with Crippen LogP contribution in [0.4, 0.5) is 4.79 Å². The van der Waals surface area contributed by atoms with E-state index in [1.54, 1.807) is 32.0 Å². The van der Waals surface area contributed by atoms with Gasteiger partial charge in [-0.05, 0) is 36.1 Å². The molecule has 2 rings (SSSR count). The van der Waals surface area contributed by atoms with Crippen LogP contribution in [0.2, 0.25) is 5.02 Å². The Hall–Kier alpha value is -2.28. The van der Waals surface area contributed by atoms with Crippen LogP contribution in [0.3, 0.4) is 0 Å². The first-order valence-corrected chi connectivity index (χ1v) is 7.87. The van der Waals surface area contributed by atoms with Crippen molar-refractivity contribution >= 4 is 29.5 Å². The van der Waals surface area contributed by atoms with Crippen LogP contribution in [0.15, 0.2) is 18.2 Å². The summed E-state index contributed by atoms with van der Waals surface area (Å²) >= 11 is 5.95. The third-order valence-corrected chi connectivity index (χ3v) is 3.85. The fraction of sp³-hybridized carbons (Fsp3) is 0.438. The summed E-state index contributed by atoms with van der Waals surface area (Å²) < 4.78 is 10.8. The van der Waals surface area contributed by atoms with Gasteiger partial charge in [0.15, 0.2) is 6.10 Å². The van der Waals surface area contributed by atoms with E-state index in [0.717, 1.165) is 5.56 Å². The number of rotatable bonds is 4. The Balaban J connectivity index is 2.05. The smallest absolute Gasteiger partial charge is 0.318 e. The second kappa shape index (κ2) is 7.53. The highest BCUT2D eigenvalue weighted by molar-refractivity contribution is 6.30. The lowest BCUT2D eigenvalue weighted by atomic mass is 9.96. The predicted octanol–water partition coefficient (Wildman–Crippen LogP) is 1.65. The van der Waals surface area contributed by atoms with Gasteiger partial charge in [0.1, 0.15) is 12.4 Å². The van der Waals surface area contributed by atoms with Gasteiger partial charge in [0.2, 0.25) is 0 Å². The molecule has 1 heterocycles. The van der Waals surface area contributed by atoms with Crippen LogP contribution in [0, 0.1) is 11.8 Å². The fourth-order valence-corrected chi connectivity index (χ4v) is 2.62. The van der Waals surface area contributed by atoms with E-state index in [9.17, 15) is 14.4 Å². The number of nitrogens with one attached hydrogen (secondary N) is 1. The Morgan fingerprint density at radius 2 is 2.08 bits per heavy atom. The van der Waals surface area contributed by atoms with Crippen molar-refractivity contribution in [3.8, 4) is 5.75 Å². The SMILES string of the molecule is CC(C)C(OC(=O)C1COc2ccc(Cl)cc2C1)C(=O)NC(N)=O. The first kappa shape index (κ1) is 18.1. The maximum atomic E-state index is 12.4. The molecule has 0 fully saturated rings. The molecule has 0 aliphatic carbocycles. The van der Waals surface area contributed by atoms with Crippen molar-refractivity contribution < 1.29 is 23.9 Å². The number of benzene rings is 1. The van der Waals surface area contributed by atoms with Crippen molar-refractivity contribution in [1.29, 1.82) is 0 Å². The first-order chi connectivity index (χ1) is 11.3. The molecule has 1 aromatic rings. The minimum absolute atomic E-state index is 0.149. The molecular formula is C16H19ClN2O5. The van der Waals surface area contributed by atoms with E-state index in [-0.39, 0.29) is 12.5 Å². The minimum atomic E-state index is -1.11. The van der Waals surface area contributed by atoms with Crippen molar-refractivity contribution in [3.63, 3.8) is 0 Å². The van der Waals surface area contributed by atoms with E-state index in [4.69, 9.17) is 26.8 Å². The summed E-state index contributed by atoms with van der Waals surface area (Å²) in [5, 5.41) is 2.48. The molecule has 7 nitrogen and oxygen atoms in total. The molecule has 2 atom stereocenters. The Morgan fingerprint density at radius 1 is 1.38 bits per heavy atom. The molecule has 1 aliphatic heterocycles. The standard InChI is InChI=1S/C16H19ClN2O5/c1-8(2)13(14(20)19-16(18)22)24-15(21)10-5-9-6-11(17)3-4-12(9)23-7-10/h3-4,6,8,10,13H,5,7H2,1-2H3,(H3,18,19,20,22). The van der Waals surface area contributed by atoms with Gasteiger partial charge in [-0.1, -0.05) is 25.4 Å². The number of imide groups is 1. The van der Waals surface area contributed by atoms with E-state index in [1.165, 1.54) is 0 Å². The van der Waals surface area contributed by atoms with Gasteiger partial charge in [-0.25, -0.2) is 4.79 Å². The highest BCUT2D eigenvalue weighted by Gasteiger charge is 2.33. The number of fused-ring (bicyclic) bond motifs is 1. The highest BCUT2D eigenvalue weighted by Crippen LogP contribution is 2.30. The second-order valence-electron chi connectivity index (χ2n) is 5.92. The Kier molecular flexibility index (Phi) is 5.66. The van der Waals surface area contributed by atoms with Gasteiger partial charge >= 0.3 is 12.0 Å². The molecular weight excluding hydrogens is 336 g/mol. The maximum absolute atomic E-state index is 12.4. The Morgan fingerprint density at radius 3 is 2.71 bits per heavy atom. The second-order valence-corrected chi connectivity index (χ2v) is 6.36. The van der Waals surface area contributed by atoms with Crippen molar-refractivity contribution in [2.45, 2.75) is 26.4 Å². The summed E-state index contributed by atoms with van der Waals surface area (Å²) in [5.74, 6) is -1.52. The zero-order valence-electron chi connectivity index (χ0n) is 13.4. The van der Waals surface area contributed by atoms with E-state index < -0.39 is 29.9 Å². The van der Waals surface area contributed by atoms with Crippen LogP contribution in [0.25, 0.3) is 0 Å². The Labute approximate surface area is 144 Å². The molecule has 3 N–H and O–H groups in total. The first-order valence-electron chi connectivity index (χ1n) is 7.50. The lowest BCUT2D eigenvalue weighted by molar-refractivity contribution is -0.163. The quantitative estimate of drug-likeness (QED) is 0.799. The molecule has 8 heteroatoms. The molecule has 3 amide bonds. The number of halogens is 1. The number of carbonyl (C=O) groups excluding carboxylic acids is 3. The number of amides is 3. The molecule has 2 unspecified atom stereocenters. The number of urea groups is 1. The van der Waals surface area contributed by atoms with Gasteiger partial charge in [0.05, 0.1) is 5.92 Å². The van der Waals surface area contributed by atoms with Gasteiger partial charge in [0.25, 0.3) is 5.91 Å². The van der Waals surface area contributed by atoms with E-state index in [2.05, 4.69) is 0 Å². The molecule has 0 saturated heterocycles. The monoisotopic (exact) mass is 354 g/mol. The van der Waals surface area contributed by atoms with Crippen LogP contribution in [0.1, 0.15) is 19.4 Å². The topological polar surface area (TPSA) is 108 Å². The van der Waals surface area contributed by atoms with Crippen LogP contribution < -0.4 is 15.8 Å². The number of nitrogens with two attached hydrogens (primary N) is 1. The van der Waals surface area contributed by atoms with Crippen LogP contribution >= 0.6 is 11.6 Å². The number of primary amides is 1. The van der Waals surface area contributed by atoms with Gasteiger partial charge in [-0.15, -0.1) is 0 Å². The summed E-state index contributed by atoms with van der Waals surface area (Å²) in [5.41, 5.74) is 5.73. The molecule has 1 aromatic carbocycles. The zero-order chi connectivity index (χ0) is 17.9. The average Bonchev–Trinajstić information content (AvgIpc) is 2.50. The zero-order valence-corrected chi connectivity index (χ0v) is 14.1. The molecule has 1 aliphatic rings. The van der Waals surface area contributed by atoms with Crippen molar-refractivity contribution in [1.82, 2.24) is 5.32 Å². The molecule has 0 bridgehead atoms. The van der Waals surface area contributed by atoms with Crippen LogP contribution in [0.5, 0.6) is 5.75 Å². The molecule has 0 spiro atoms. The van der Waals surface area contributed by atoms with Gasteiger partial charge < -0.3 is 15.2 Å². The summed E-state index contributed by atoms with van der Waals surface area (Å²) in [6.07, 6.45) is -0.706. The largest absolute Gasteiger partial charge is 0.492 e. The third kappa shape index (κ3) is 4.38. The summed E-state index contributed by atoms with van der Waals surface area (Å²) in [6, 6.07) is 4.19. The molecule has 0 aromatic heterocycles. The number of esters is 1. The lowest BCUT2D eigenvalue weighted by Gasteiger charge is -2.27. The highest BCUT2D eigenvalue weighted by atomic mass is 35.5. The van der Waals surface area contributed by atoms with Gasteiger partial charge in [-0.3, -0.25) is 14.9 Å². The summed E-state index contributed by atoms with van der Waals surface area (Å²) in [4.78, 5) is 35.1. The van der Waals surface area contributed by atoms with E-state index in [1.807, 2.05) is 5.32 Å². The lowest BCUT2D eigenvalue weighted by Crippen LogP contribution is -2.46. The number of carbonyl (C=O) groups is 3. The number of hydrogen-bond donors (Lipinski definition) is 2. The molecule has 130 valence electrons. The number of ether oxygens (including phenoxy) is 2. The molecule has 0 saturated carbocycles. The van der Waals surface area contributed by atoms with Gasteiger partial charge in [-0.2, -0.15) is 0 Å². The van der Waals surface area contributed by atoms with Crippen LogP contribution in [-0.2, 0) is 20.7 Å². The minimum Gasteiger partial charge on any atom is -0.492 e. The third-order valence-electron chi connectivity index (χ3n) is 3.62. The molecule has 0 radical (unpaired) electrons. The maximum Gasteiger partial charge on any atom is 0.318 e. The predicted molar refractivity (Wildman–Crippen MR) is 86.6 cm³/mol. The van der Waals surface area contributed by atoms with Gasteiger partial charge in [0, 0.05) is 5.02 Å². The van der Waals surface area contributed by atoms with Crippen molar-refractivity contribution in [2.75, 3.05) is 6.61 Å². The summed E-state index contributed by atoms with van der Waals surface area (Å²) in [7, 11) is 0. The van der Waals surface area contributed by atoms with E-state index in [0.29, 0.717) is 17.2 Å². The fourth-order valence-electron chi connectivity index (χ4n) is 2.42. The Bertz CT molecular complexity index is 662. The van der Waals surface area contributed by atoms with Crippen LogP contribution in [-0.4, -0.2) is 30.6 Å². The normalized spacial score (nSPS) is 17.4. The van der Waals surface area contributed by atoms with Crippen molar-refractivity contribution in [2.24, 2.45) is 17.6 Å². The average molecular weight is 355 g/mol. The molecule has 24 heavy (non-hydrogen) atoms.